The topological polar surface area (TPSA) is 41.5 Å². The molecular formula is C11H17NO2. The Hall–Kier alpha value is -1.22. The zero-order valence-corrected chi connectivity index (χ0v) is 8.92. The van der Waals surface area contributed by atoms with Crippen LogP contribution in [0.1, 0.15) is 11.1 Å². The number of ether oxygens (including phenoxy) is 1. The molecule has 0 bridgehead atoms. The van der Waals surface area contributed by atoms with Crippen molar-refractivity contribution in [1.82, 2.24) is 5.32 Å². The van der Waals surface area contributed by atoms with E-state index in [1.807, 2.05) is 26.1 Å². The second kappa shape index (κ2) is 4.86. The average molecular weight is 195 g/mol. The molecule has 14 heavy (non-hydrogen) atoms. The van der Waals surface area contributed by atoms with Gasteiger partial charge in [0.1, 0.15) is 0 Å². The molecule has 0 fully saturated rings. The zero-order chi connectivity index (χ0) is 10.6. The summed E-state index contributed by atoms with van der Waals surface area (Å²) in [6, 6.07) is 3.90. The van der Waals surface area contributed by atoms with Gasteiger partial charge in [-0.15, -0.1) is 0 Å². The number of methoxy groups -OCH3 is 1. The van der Waals surface area contributed by atoms with Crippen molar-refractivity contribution in [3.63, 3.8) is 0 Å². The molecule has 78 valence electrons. The zero-order valence-electron chi connectivity index (χ0n) is 8.92. The van der Waals surface area contributed by atoms with Gasteiger partial charge in [0.15, 0.2) is 11.5 Å². The van der Waals surface area contributed by atoms with Crippen molar-refractivity contribution in [2.75, 3.05) is 20.7 Å². The molecule has 0 atom stereocenters. The van der Waals surface area contributed by atoms with Gasteiger partial charge in [-0.1, -0.05) is 12.1 Å². The minimum absolute atomic E-state index is 0.266. The lowest BCUT2D eigenvalue weighted by atomic mass is 10.1. The van der Waals surface area contributed by atoms with E-state index in [-0.39, 0.29) is 5.75 Å². The predicted octanol–water partition coefficient (Wildman–Crippen LogP) is 1.47. The number of aryl methyl sites for hydroxylation is 1. The van der Waals surface area contributed by atoms with Crippen molar-refractivity contribution in [1.29, 1.82) is 0 Å². The van der Waals surface area contributed by atoms with Crippen molar-refractivity contribution >= 4 is 0 Å². The van der Waals surface area contributed by atoms with E-state index in [2.05, 4.69) is 5.32 Å². The maximum atomic E-state index is 9.84. The standard InChI is InChI=1S/C11H17NO2/c1-8-4-5-9(6-7-12-2)10(13)11(8)14-3/h4-5,12-13H,6-7H2,1-3H3. The van der Waals surface area contributed by atoms with Gasteiger partial charge in [-0.2, -0.15) is 0 Å². The van der Waals surface area contributed by atoms with Crippen molar-refractivity contribution in [3.05, 3.63) is 23.3 Å². The van der Waals surface area contributed by atoms with E-state index in [0.29, 0.717) is 5.75 Å². The summed E-state index contributed by atoms with van der Waals surface area (Å²) in [5, 5.41) is 12.9. The van der Waals surface area contributed by atoms with E-state index in [1.54, 1.807) is 7.11 Å². The summed E-state index contributed by atoms with van der Waals surface area (Å²) in [4.78, 5) is 0. The van der Waals surface area contributed by atoms with Gasteiger partial charge >= 0.3 is 0 Å². The molecule has 0 amide bonds. The van der Waals surface area contributed by atoms with Gasteiger partial charge < -0.3 is 15.2 Å². The van der Waals surface area contributed by atoms with Crippen LogP contribution >= 0.6 is 0 Å². The minimum atomic E-state index is 0.266. The first kappa shape index (κ1) is 10.9. The fourth-order valence-corrected chi connectivity index (χ4v) is 1.43. The van der Waals surface area contributed by atoms with Crippen LogP contribution in [0.4, 0.5) is 0 Å². The first-order valence-corrected chi connectivity index (χ1v) is 4.70. The van der Waals surface area contributed by atoms with Crippen LogP contribution in [0.2, 0.25) is 0 Å². The molecule has 0 heterocycles. The summed E-state index contributed by atoms with van der Waals surface area (Å²) in [6.07, 6.45) is 0.805. The SMILES string of the molecule is CNCCc1ccc(C)c(OC)c1O. The van der Waals surface area contributed by atoms with E-state index < -0.39 is 0 Å². The van der Waals surface area contributed by atoms with Gasteiger partial charge in [-0.3, -0.25) is 0 Å². The Morgan fingerprint density at radius 2 is 2.14 bits per heavy atom. The predicted molar refractivity (Wildman–Crippen MR) is 57.0 cm³/mol. The first-order chi connectivity index (χ1) is 6.70. The summed E-state index contributed by atoms with van der Waals surface area (Å²) >= 11 is 0. The summed E-state index contributed by atoms with van der Waals surface area (Å²) in [7, 11) is 3.46. The van der Waals surface area contributed by atoms with Crippen LogP contribution in [0.5, 0.6) is 11.5 Å². The number of aromatic hydroxyl groups is 1. The highest BCUT2D eigenvalue weighted by molar-refractivity contribution is 5.50. The Morgan fingerprint density at radius 1 is 1.43 bits per heavy atom. The van der Waals surface area contributed by atoms with Crippen molar-refractivity contribution in [3.8, 4) is 11.5 Å². The molecule has 1 aromatic rings. The Balaban J connectivity index is 2.96. The van der Waals surface area contributed by atoms with Gasteiger partial charge in [0.05, 0.1) is 7.11 Å². The fourth-order valence-electron chi connectivity index (χ4n) is 1.43. The number of phenols is 1. The van der Waals surface area contributed by atoms with Crippen LogP contribution in [-0.2, 0) is 6.42 Å². The van der Waals surface area contributed by atoms with E-state index in [4.69, 9.17) is 4.74 Å². The molecule has 1 aromatic carbocycles. The van der Waals surface area contributed by atoms with Crippen LogP contribution in [-0.4, -0.2) is 25.8 Å². The van der Waals surface area contributed by atoms with E-state index in [0.717, 1.165) is 24.1 Å². The molecule has 3 nitrogen and oxygen atoms in total. The molecule has 0 spiro atoms. The van der Waals surface area contributed by atoms with E-state index in [9.17, 15) is 5.11 Å². The van der Waals surface area contributed by atoms with E-state index >= 15 is 0 Å². The Kier molecular flexibility index (Phi) is 3.77. The molecule has 0 aliphatic carbocycles. The van der Waals surface area contributed by atoms with Gasteiger partial charge in [0, 0.05) is 0 Å². The third kappa shape index (κ3) is 2.17. The monoisotopic (exact) mass is 195 g/mol. The van der Waals surface area contributed by atoms with Crippen LogP contribution in [0.25, 0.3) is 0 Å². The number of nitrogens with one attached hydrogen (secondary N) is 1. The molecule has 0 aliphatic rings. The van der Waals surface area contributed by atoms with Crippen molar-refractivity contribution in [2.24, 2.45) is 0 Å². The highest BCUT2D eigenvalue weighted by atomic mass is 16.5. The van der Waals surface area contributed by atoms with Crippen molar-refractivity contribution in [2.45, 2.75) is 13.3 Å². The molecule has 0 saturated carbocycles. The Morgan fingerprint density at radius 3 is 2.71 bits per heavy atom. The molecule has 1 rings (SSSR count). The second-order valence-electron chi connectivity index (χ2n) is 3.28. The quantitative estimate of drug-likeness (QED) is 0.764. The summed E-state index contributed by atoms with van der Waals surface area (Å²) in [5.41, 5.74) is 1.88. The maximum Gasteiger partial charge on any atom is 0.163 e. The lowest BCUT2D eigenvalue weighted by Crippen LogP contribution is -2.10. The number of hydrogen-bond acceptors (Lipinski definition) is 3. The number of likely N-dealkylation sites (N-methyl/N-ethyl adjacent to an activating group) is 1. The number of phenolic OH excluding ortho intramolecular Hbond substituents is 1. The molecule has 2 N–H and O–H groups in total. The highest BCUT2D eigenvalue weighted by Crippen LogP contribution is 2.33. The lowest BCUT2D eigenvalue weighted by Gasteiger charge is -2.11. The third-order valence-electron chi connectivity index (χ3n) is 2.26. The Bertz CT molecular complexity index is 310. The summed E-state index contributed by atoms with van der Waals surface area (Å²) < 4.78 is 5.13. The molecule has 0 radical (unpaired) electrons. The molecular weight excluding hydrogens is 178 g/mol. The number of benzene rings is 1. The van der Waals surface area contributed by atoms with Crippen LogP contribution in [0, 0.1) is 6.92 Å². The highest BCUT2D eigenvalue weighted by Gasteiger charge is 2.09. The number of rotatable bonds is 4. The lowest BCUT2D eigenvalue weighted by molar-refractivity contribution is 0.368. The van der Waals surface area contributed by atoms with Crippen molar-refractivity contribution < 1.29 is 9.84 Å². The molecule has 0 aliphatic heterocycles. The smallest absolute Gasteiger partial charge is 0.163 e. The van der Waals surface area contributed by atoms with Gasteiger partial charge in [0.2, 0.25) is 0 Å². The van der Waals surface area contributed by atoms with E-state index in [1.165, 1.54) is 0 Å². The second-order valence-corrected chi connectivity index (χ2v) is 3.28. The summed E-state index contributed by atoms with van der Waals surface area (Å²) in [6.45, 7) is 2.76. The van der Waals surface area contributed by atoms with Gasteiger partial charge in [0.25, 0.3) is 0 Å². The summed E-state index contributed by atoms with van der Waals surface area (Å²) in [5.74, 6) is 0.848. The largest absolute Gasteiger partial charge is 0.504 e. The fraction of sp³-hybridized carbons (Fsp3) is 0.455. The molecule has 0 unspecified atom stereocenters. The number of hydrogen-bond donors (Lipinski definition) is 2. The maximum absolute atomic E-state index is 9.84. The molecule has 0 aromatic heterocycles. The van der Waals surface area contributed by atoms with Crippen LogP contribution in [0.15, 0.2) is 12.1 Å². The van der Waals surface area contributed by atoms with Gasteiger partial charge in [-0.05, 0) is 38.1 Å². The Labute approximate surface area is 84.7 Å². The molecule has 0 saturated heterocycles. The van der Waals surface area contributed by atoms with Crippen LogP contribution < -0.4 is 10.1 Å². The molecule has 3 heteroatoms. The normalized spacial score (nSPS) is 10.2. The third-order valence-corrected chi connectivity index (χ3v) is 2.26. The van der Waals surface area contributed by atoms with Crippen LogP contribution in [0.3, 0.4) is 0 Å². The first-order valence-electron chi connectivity index (χ1n) is 4.70. The average Bonchev–Trinajstić information content (AvgIpc) is 2.18. The minimum Gasteiger partial charge on any atom is -0.504 e. The van der Waals surface area contributed by atoms with Gasteiger partial charge in [-0.25, -0.2) is 0 Å².